The minimum Gasteiger partial charge on any atom is -0.394 e. The van der Waals surface area contributed by atoms with Gasteiger partial charge in [0.15, 0.2) is 0 Å². The Bertz CT molecular complexity index is 971. The average Bonchev–Trinajstić information content (AvgIpc) is 3.34. The van der Waals surface area contributed by atoms with Gasteiger partial charge in [-0.25, -0.2) is 0 Å². The summed E-state index contributed by atoms with van der Waals surface area (Å²) < 4.78 is 0. The lowest BCUT2D eigenvalue weighted by atomic mass is 10.0. The molecule has 0 aliphatic carbocycles. The Morgan fingerprint density at radius 1 is 0.353 bits per heavy atom. The topological polar surface area (TPSA) is 89.8 Å². The van der Waals surface area contributed by atoms with Crippen molar-refractivity contribution in [3.8, 4) is 0 Å². The third-order valence-corrected chi connectivity index (χ3v) is 15.1. The number of hydrogen-bond acceptors (Lipinski definition) is 4. The van der Waals surface area contributed by atoms with Crippen LogP contribution in [0.1, 0.15) is 361 Å². The van der Waals surface area contributed by atoms with Crippen molar-refractivity contribution in [3.63, 3.8) is 0 Å². The highest BCUT2D eigenvalue weighted by Crippen LogP contribution is 2.19. The van der Waals surface area contributed by atoms with E-state index < -0.39 is 18.2 Å². The maximum atomic E-state index is 12.5. The van der Waals surface area contributed by atoms with Gasteiger partial charge in [0.2, 0.25) is 5.91 Å². The van der Waals surface area contributed by atoms with Crippen LogP contribution in [0.5, 0.6) is 0 Å². The van der Waals surface area contributed by atoms with Crippen LogP contribution in [0.2, 0.25) is 0 Å². The average molecular weight is 961 g/mol. The summed E-state index contributed by atoms with van der Waals surface area (Å²) in [5.41, 5.74) is 0. The number of amides is 1. The number of unbranched alkanes of at least 4 members (excludes halogenated alkanes) is 49. The number of hydrogen-bond donors (Lipinski definition) is 4. The molecule has 1 amide bonds. The fourth-order valence-corrected chi connectivity index (χ4v) is 10.3. The number of nitrogens with one attached hydrogen (secondary N) is 1. The van der Waals surface area contributed by atoms with Gasteiger partial charge < -0.3 is 20.6 Å². The Morgan fingerprint density at radius 2 is 0.588 bits per heavy atom. The second-order valence-corrected chi connectivity index (χ2v) is 22.0. The zero-order valence-corrected chi connectivity index (χ0v) is 46.5. The van der Waals surface area contributed by atoms with Crippen LogP contribution in [0.15, 0.2) is 12.2 Å². The van der Waals surface area contributed by atoms with Crippen LogP contribution in [0, 0.1) is 0 Å². The van der Waals surface area contributed by atoms with Crippen molar-refractivity contribution < 1.29 is 20.1 Å². The summed E-state index contributed by atoms with van der Waals surface area (Å²) in [6.45, 7) is 4.22. The third kappa shape index (κ3) is 52.9. The largest absolute Gasteiger partial charge is 0.394 e. The Hall–Kier alpha value is -0.910. The summed E-state index contributed by atoms with van der Waals surface area (Å²) in [5.74, 6) is -0.145. The Labute approximate surface area is 427 Å². The fraction of sp³-hybridized carbons (Fsp3) is 0.952. The molecule has 5 heteroatoms. The molecule has 0 aliphatic heterocycles. The first kappa shape index (κ1) is 67.1. The van der Waals surface area contributed by atoms with E-state index in [9.17, 15) is 20.1 Å². The van der Waals surface area contributed by atoms with Crippen molar-refractivity contribution >= 4 is 5.91 Å². The normalized spacial score (nSPS) is 13.2. The standard InChI is InChI=1S/C63H125NO4/c1-3-5-7-9-11-13-15-17-19-21-23-25-27-28-29-30-31-32-33-34-36-38-40-42-44-46-48-50-52-54-56-58-62(67)64-60(59-65)63(68)61(66)57-55-53-51-49-47-45-43-41-39-37-35-26-24-22-20-18-16-14-12-10-8-6-4-2/h49,51,60-61,63,65-66,68H,3-48,50,52-59H2,1-2H3,(H,64,67)/b51-49+. The van der Waals surface area contributed by atoms with Crippen molar-refractivity contribution in [2.24, 2.45) is 0 Å². The molecule has 0 heterocycles. The van der Waals surface area contributed by atoms with Gasteiger partial charge in [-0.3, -0.25) is 4.79 Å². The molecular weight excluding hydrogens is 835 g/mol. The molecule has 0 saturated heterocycles. The molecular formula is C63H125NO4. The zero-order chi connectivity index (χ0) is 49.3. The van der Waals surface area contributed by atoms with Crippen LogP contribution in [-0.2, 0) is 4.79 Å². The number of allylic oxidation sites excluding steroid dienone is 2. The van der Waals surface area contributed by atoms with Crippen LogP contribution in [0.4, 0.5) is 0 Å². The predicted molar refractivity (Wildman–Crippen MR) is 301 cm³/mol. The number of rotatable bonds is 59. The second kappa shape index (κ2) is 58.7. The van der Waals surface area contributed by atoms with Crippen molar-refractivity contribution in [2.45, 2.75) is 379 Å². The van der Waals surface area contributed by atoms with E-state index in [1.165, 1.54) is 295 Å². The molecule has 0 spiro atoms. The van der Waals surface area contributed by atoms with Crippen LogP contribution in [0.3, 0.4) is 0 Å². The summed E-state index contributed by atoms with van der Waals surface area (Å²) in [5, 5.41) is 33.8. The van der Waals surface area contributed by atoms with Crippen molar-refractivity contribution in [1.82, 2.24) is 5.32 Å². The highest BCUT2D eigenvalue weighted by molar-refractivity contribution is 5.76. The molecule has 0 fully saturated rings. The van der Waals surface area contributed by atoms with E-state index in [0.29, 0.717) is 12.8 Å². The van der Waals surface area contributed by atoms with Gasteiger partial charge in [0.05, 0.1) is 18.8 Å². The van der Waals surface area contributed by atoms with Gasteiger partial charge in [-0.1, -0.05) is 328 Å². The number of aliphatic hydroxyl groups is 3. The number of aliphatic hydroxyl groups excluding tert-OH is 3. The highest BCUT2D eigenvalue weighted by atomic mass is 16.3. The first-order valence-corrected chi connectivity index (χ1v) is 31.5. The smallest absolute Gasteiger partial charge is 0.220 e. The van der Waals surface area contributed by atoms with E-state index in [1.54, 1.807) is 0 Å². The van der Waals surface area contributed by atoms with Crippen molar-refractivity contribution in [2.75, 3.05) is 6.61 Å². The minimum atomic E-state index is -1.16. The van der Waals surface area contributed by atoms with E-state index in [0.717, 1.165) is 38.5 Å². The number of carbonyl (C=O) groups is 1. The summed E-state index contributed by atoms with van der Waals surface area (Å²) in [6.07, 6.45) is 74.0. The van der Waals surface area contributed by atoms with Gasteiger partial charge >= 0.3 is 0 Å². The van der Waals surface area contributed by atoms with Crippen LogP contribution >= 0.6 is 0 Å². The maximum absolute atomic E-state index is 12.5. The molecule has 0 radical (unpaired) electrons. The molecule has 0 aromatic heterocycles. The molecule has 0 rings (SSSR count). The lowest BCUT2D eigenvalue weighted by molar-refractivity contribution is -0.124. The minimum absolute atomic E-state index is 0.145. The summed E-state index contributed by atoms with van der Waals surface area (Å²) in [4.78, 5) is 12.5. The molecule has 0 aromatic rings. The molecule has 406 valence electrons. The molecule has 0 aromatic carbocycles. The predicted octanol–water partition coefficient (Wildman–Crippen LogP) is 19.8. The van der Waals surface area contributed by atoms with E-state index in [-0.39, 0.29) is 12.5 Å². The van der Waals surface area contributed by atoms with Gasteiger partial charge in [-0.05, 0) is 38.5 Å². The van der Waals surface area contributed by atoms with Crippen molar-refractivity contribution in [3.05, 3.63) is 12.2 Å². The van der Waals surface area contributed by atoms with Gasteiger partial charge in [-0.15, -0.1) is 0 Å². The number of carbonyl (C=O) groups excluding carboxylic acids is 1. The maximum Gasteiger partial charge on any atom is 0.220 e. The van der Waals surface area contributed by atoms with E-state index in [1.807, 2.05) is 0 Å². The summed E-state index contributed by atoms with van der Waals surface area (Å²) in [7, 11) is 0. The first-order valence-electron chi connectivity index (χ1n) is 31.5. The van der Waals surface area contributed by atoms with E-state index in [4.69, 9.17) is 0 Å². The highest BCUT2D eigenvalue weighted by Gasteiger charge is 2.26. The van der Waals surface area contributed by atoms with Gasteiger partial charge in [0.25, 0.3) is 0 Å². The fourth-order valence-electron chi connectivity index (χ4n) is 10.3. The molecule has 4 N–H and O–H groups in total. The van der Waals surface area contributed by atoms with Gasteiger partial charge in [0.1, 0.15) is 6.10 Å². The van der Waals surface area contributed by atoms with E-state index >= 15 is 0 Å². The van der Waals surface area contributed by atoms with Crippen LogP contribution in [-0.4, -0.2) is 46.1 Å². The van der Waals surface area contributed by atoms with Gasteiger partial charge in [0, 0.05) is 6.42 Å². The van der Waals surface area contributed by atoms with E-state index in [2.05, 4.69) is 31.3 Å². The lowest BCUT2D eigenvalue weighted by Gasteiger charge is -2.26. The Morgan fingerprint density at radius 3 is 0.853 bits per heavy atom. The summed E-state index contributed by atoms with van der Waals surface area (Å²) in [6, 6.07) is -0.823. The molecule has 0 saturated carbocycles. The first-order chi connectivity index (χ1) is 33.6. The molecule has 3 atom stereocenters. The Balaban J connectivity index is 3.48. The molecule has 68 heavy (non-hydrogen) atoms. The monoisotopic (exact) mass is 960 g/mol. The molecule has 0 bridgehead atoms. The molecule has 0 aliphatic rings. The molecule has 3 unspecified atom stereocenters. The molecule has 5 nitrogen and oxygen atoms in total. The zero-order valence-electron chi connectivity index (χ0n) is 46.5. The van der Waals surface area contributed by atoms with Crippen LogP contribution < -0.4 is 5.32 Å². The van der Waals surface area contributed by atoms with Crippen LogP contribution in [0.25, 0.3) is 0 Å². The van der Waals surface area contributed by atoms with Crippen molar-refractivity contribution in [1.29, 1.82) is 0 Å². The second-order valence-electron chi connectivity index (χ2n) is 22.0. The quantitative estimate of drug-likeness (QED) is 0.0361. The third-order valence-electron chi connectivity index (χ3n) is 15.1. The van der Waals surface area contributed by atoms with Gasteiger partial charge in [-0.2, -0.15) is 0 Å². The Kier molecular flexibility index (Phi) is 57.9. The SMILES string of the molecule is CCCCCCCCCCCCCCCCCCCC/C=C/CCCC(O)C(O)C(CO)NC(=O)CCCCCCCCCCCCCCCCCCCCCCCCCCCCCCCCC. The lowest BCUT2D eigenvalue weighted by Crippen LogP contribution is -2.50. The summed E-state index contributed by atoms with van der Waals surface area (Å²) >= 11 is 0.